The Morgan fingerprint density at radius 1 is 1.33 bits per heavy atom. The van der Waals surface area contributed by atoms with Crippen LogP contribution in [0.1, 0.15) is 11.5 Å². The number of hydrogen-bond acceptors (Lipinski definition) is 5. The van der Waals surface area contributed by atoms with Crippen LogP contribution in [-0.4, -0.2) is 43.2 Å². The van der Waals surface area contributed by atoms with E-state index in [2.05, 4.69) is 15.2 Å². The van der Waals surface area contributed by atoms with Crippen LogP contribution < -0.4 is 10.1 Å². The van der Waals surface area contributed by atoms with Crippen molar-refractivity contribution in [2.45, 2.75) is 13.5 Å². The average Bonchev–Trinajstić information content (AvgIpc) is 2.89. The molecule has 1 fully saturated rings. The number of nitrogens with zero attached hydrogens (tertiary/aromatic N) is 2. The number of nitrogens with one attached hydrogen (secondary N) is 1. The zero-order valence-corrected chi connectivity index (χ0v) is 12.6. The lowest BCUT2D eigenvalue weighted by Crippen LogP contribution is -2.43. The maximum atomic E-state index is 5.83. The molecule has 2 heterocycles. The predicted molar refractivity (Wildman–Crippen MR) is 81.4 cm³/mol. The van der Waals surface area contributed by atoms with Crippen molar-refractivity contribution in [1.82, 2.24) is 15.2 Å². The fourth-order valence-electron chi connectivity index (χ4n) is 2.54. The zero-order chi connectivity index (χ0) is 14.7. The van der Waals surface area contributed by atoms with Gasteiger partial charge in [-0.05, 0) is 25.1 Å². The van der Waals surface area contributed by atoms with Crippen molar-refractivity contribution in [3.63, 3.8) is 0 Å². The molecule has 0 radical (unpaired) electrons. The fourth-order valence-corrected chi connectivity index (χ4v) is 2.54. The summed E-state index contributed by atoms with van der Waals surface area (Å²) in [7, 11) is 1.66. The highest BCUT2D eigenvalue weighted by atomic mass is 16.5. The molecule has 5 heteroatoms. The number of aryl methyl sites for hydroxylation is 1. The van der Waals surface area contributed by atoms with Gasteiger partial charge < -0.3 is 14.5 Å². The first kappa shape index (κ1) is 14.1. The Kier molecular flexibility index (Phi) is 4.22. The summed E-state index contributed by atoms with van der Waals surface area (Å²) >= 11 is 0. The molecule has 1 saturated heterocycles. The Labute approximate surface area is 124 Å². The van der Waals surface area contributed by atoms with E-state index in [0.717, 1.165) is 55.5 Å². The summed E-state index contributed by atoms with van der Waals surface area (Å²) in [4.78, 5) is 7.06. The second-order valence-electron chi connectivity index (χ2n) is 5.28. The largest absolute Gasteiger partial charge is 0.497 e. The molecule has 1 aromatic carbocycles. The molecule has 0 unspecified atom stereocenters. The molecule has 5 nitrogen and oxygen atoms in total. The number of rotatable bonds is 4. The molecule has 0 atom stereocenters. The first-order valence-corrected chi connectivity index (χ1v) is 7.30. The molecular weight excluding hydrogens is 266 g/mol. The molecule has 2 aromatic rings. The minimum absolute atomic E-state index is 0.663. The molecule has 112 valence electrons. The second-order valence-corrected chi connectivity index (χ2v) is 5.28. The molecule has 1 aromatic heterocycles. The van der Waals surface area contributed by atoms with Crippen molar-refractivity contribution in [3.8, 4) is 17.2 Å². The van der Waals surface area contributed by atoms with E-state index in [4.69, 9.17) is 9.15 Å². The van der Waals surface area contributed by atoms with E-state index >= 15 is 0 Å². The highest BCUT2D eigenvalue weighted by Gasteiger charge is 2.16. The van der Waals surface area contributed by atoms with Crippen LogP contribution in [0.4, 0.5) is 0 Å². The summed E-state index contributed by atoms with van der Waals surface area (Å²) in [5, 5.41) is 3.36. The minimum atomic E-state index is 0.663. The van der Waals surface area contributed by atoms with Gasteiger partial charge in [0.05, 0.1) is 12.8 Å². The van der Waals surface area contributed by atoms with Gasteiger partial charge >= 0.3 is 0 Å². The van der Waals surface area contributed by atoms with Crippen molar-refractivity contribution < 1.29 is 9.15 Å². The molecule has 0 saturated carbocycles. The van der Waals surface area contributed by atoms with Gasteiger partial charge in [0.15, 0.2) is 0 Å². The third kappa shape index (κ3) is 3.25. The number of oxazole rings is 1. The van der Waals surface area contributed by atoms with Crippen LogP contribution in [0.2, 0.25) is 0 Å². The van der Waals surface area contributed by atoms with E-state index in [1.165, 1.54) is 0 Å². The molecular formula is C16H21N3O2. The van der Waals surface area contributed by atoms with Gasteiger partial charge in [0.25, 0.3) is 0 Å². The Morgan fingerprint density at radius 3 is 2.90 bits per heavy atom. The Hall–Kier alpha value is -1.85. The summed E-state index contributed by atoms with van der Waals surface area (Å²) < 4.78 is 11.1. The Bertz CT molecular complexity index is 603. The van der Waals surface area contributed by atoms with E-state index in [1.54, 1.807) is 7.11 Å². The maximum absolute atomic E-state index is 5.83. The lowest BCUT2D eigenvalue weighted by Gasteiger charge is -2.26. The normalized spacial score (nSPS) is 16.1. The molecule has 0 aliphatic carbocycles. The van der Waals surface area contributed by atoms with Crippen LogP contribution in [0.15, 0.2) is 28.7 Å². The van der Waals surface area contributed by atoms with Crippen LogP contribution in [0.5, 0.6) is 5.75 Å². The standard InChI is InChI=1S/C16H21N3O2/c1-12-15(11-19-8-6-17-7-9-19)18-16(21-12)13-4-3-5-14(10-13)20-2/h3-5,10,17H,6-9,11H2,1-2H3. The molecule has 3 rings (SSSR count). The molecule has 1 N–H and O–H groups in total. The Balaban J connectivity index is 1.79. The van der Waals surface area contributed by atoms with Crippen molar-refractivity contribution in [1.29, 1.82) is 0 Å². The average molecular weight is 287 g/mol. The summed E-state index contributed by atoms with van der Waals surface area (Å²) in [5.41, 5.74) is 1.97. The summed E-state index contributed by atoms with van der Waals surface area (Å²) in [6.45, 7) is 7.02. The lowest BCUT2D eigenvalue weighted by molar-refractivity contribution is 0.230. The van der Waals surface area contributed by atoms with Crippen molar-refractivity contribution in [2.75, 3.05) is 33.3 Å². The van der Waals surface area contributed by atoms with E-state index in [0.29, 0.717) is 5.89 Å². The van der Waals surface area contributed by atoms with Gasteiger partial charge in [0, 0.05) is 38.3 Å². The second kappa shape index (κ2) is 6.28. The smallest absolute Gasteiger partial charge is 0.226 e. The number of hydrogen-bond donors (Lipinski definition) is 1. The number of ether oxygens (including phenoxy) is 1. The first-order valence-electron chi connectivity index (χ1n) is 7.30. The van der Waals surface area contributed by atoms with Gasteiger partial charge in [-0.2, -0.15) is 0 Å². The molecule has 1 aliphatic heterocycles. The van der Waals surface area contributed by atoms with Crippen LogP contribution in [0, 0.1) is 6.92 Å². The predicted octanol–water partition coefficient (Wildman–Crippen LogP) is 2.06. The quantitative estimate of drug-likeness (QED) is 0.933. The third-order valence-electron chi connectivity index (χ3n) is 3.79. The highest BCUT2D eigenvalue weighted by molar-refractivity contribution is 5.56. The molecule has 21 heavy (non-hydrogen) atoms. The maximum Gasteiger partial charge on any atom is 0.226 e. The van der Waals surface area contributed by atoms with E-state index in [-0.39, 0.29) is 0 Å². The Morgan fingerprint density at radius 2 is 2.14 bits per heavy atom. The van der Waals surface area contributed by atoms with Gasteiger partial charge in [-0.3, -0.25) is 4.90 Å². The van der Waals surface area contributed by atoms with Gasteiger partial charge in [0.1, 0.15) is 11.5 Å². The van der Waals surface area contributed by atoms with Gasteiger partial charge in [0.2, 0.25) is 5.89 Å². The number of piperazine rings is 1. The fraction of sp³-hybridized carbons (Fsp3) is 0.438. The number of benzene rings is 1. The molecule has 0 spiro atoms. The van der Waals surface area contributed by atoms with Gasteiger partial charge in [-0.1, -0.05) is 6.07 Å². The highest BCUT2D eigenvalue weighted by Crippen LogP contribution is 2.25. The van der Waals surface area contributed by atoms with Crippen molar-refractivity contribution >= 4 is 0 Å². The molecule has 0 amide bonds. The zero-order valence-electron chi connectivity index (χ0n) is 12.6. The third-order valence-corrected chi connectivity index (χ3v) is 3.79. The van der Waals surface area contributed by atoms with E-state index in [9.17, 15) is 0 Å². The minimum Gasteiger partial charge on any atom is -0.497 e. The molecule has 1 aliphatic rings. The first-order chi connectivity index (χ1) is 10.3. The van der Waals surface area contributed by atoms with Crippen LogP contribution >= 0.6 is 0 Å². The van der Waals surface area contributed by atoms with Gasteiger partial charge in [-0.25, -0.2) is 4.98 Å². The van der Waals surface area contributed by atoms with Crippen LogP contribution in [0.25, 0.3) is 11.5 Å². The van der Waals surface area contributed by atoms with Gasteiger partial charge in [-0.15, -0.1) is 0 Å². The summed E-state index contributed by atoms with van der Waals surface area (Å²) in [6.07, 6.45) is 0. The molecule has 0 bridgehead atoms. The van der Waals surface area contributed by atoms with Crippen molar-refractivity contribution in [2.24, 2.45) is 0 Å². The van der Waals surface area contributed by atoms with Crippen molar-refractivity contribution in [3.05, 3.63) is 35.7 Å². The topological polar surface area (TPSA) is 50.5 Å². The number of aromatic nitrogens is 1. The van der Waals surface area contributed by atoms with Crippen LogP contribution in [-0.2, 0) is 6.54 Å². The summed E-state index contributed by atoms with van der Waals surface area (Å²) in [6, 6.07) is 7.80. The lowest BCUT2D eigenvalue weighted by atomic mass is 10.2. The summed E-state index contributed by atoms with van der Waals surface area (Å²) in [5.74, 6) is 2.37. The van der Waals surface area contributed by atoms with E-state index < -0.39 is 0 Å². The van der Waals surface area contributed by atoms with Crippen LogP contribution in [0.3, 0.4) is 0 Å². The monoisotopic (exact) mass is 287 g/mol. The SMILES string of the molecule is COc1cccc(-c2nc(CN3CCNCC3)c(C)o2)c1. The number of methoxy groups -OCH3 is 1. The van der Waals surface area contributed by atoms with E-state index in [1.807, 2.05) is 31.2 Å².